The number of ether oxygens (including phenoxy) is 2. The van der Waals surface area contributed by atoms with Crippen LogP contribution in [0.3, 0.4) is 0 Å². The van der Waals surface area contributed by atoms with Crippen molar-refractivity contribution in [3.8, 4) is 22.3 Å². The van der Waals surface area contributed by atoms with Crippen molar-refractivity contribution in [3.05, 3.63) is 56.5 Å². The van der Waals surface area contributed by atoms with Crippen LogP contribution in [0.25, 0.3) is 33.0 Å². The maximum Gasteiger partial charge on any atom is 0.338 e. The first-order valence-corrected chi connectivity index (χ1v) is 10.5. The molecule has 3 aromatic carbocycles. The predicted molar refractivity (Wildman–Crippen MR) is 116 cm³/mol. The van der Waals surface area contributed by atoms with Gasteiger partial charge >= 0.3 is 11.9 Å². The number of halogens is 2. The number of hydrogen-bond donors (Lipinski definition) is 0. The van der Waals surface area contributed by atoms with Crippen LogP contribution >= 0.6 is 31.9 Å². The summed E-state index contributed by atoms with van der Waals surface area (Å²) in [6.07, 6.45) is 0. The summed E-state index contributed by atoms with van der Waals surface area (Å²) < 4.78 is 12.4. The molecule has 1 aliphatic rings. The third kappa shape index (κ3) is 2.78. The van der Waals surface area contributed by atoms with Crippen molar-refractivity contribution >= 4 is 54.6 Å². The van der Waals surface area contributed by atoms with Crippen LogP contribution in [0.15, 0.2) is 45.3 Å². The van der Waals surface area contributed by atoms with E-state index >= 15 is 0 Å². The standard InChI is InChI=1S/C22H16Br2O4/c1-3-27-21(25)13-5-6-14(22(26)28-4-2)19-12-8-10-16(24)20-15(23)9-7-11(17(12)20)18(13)19/h5-10H,3-4H2,1-2H3. The molecule has 0 aromatic heterocycles. The maximum absolute atomic E-state index is 12.7. The summed E-state index contributed by atoms with van der Waals surface area (Å²) >= 11 is 7.24. The highest BCUT2D eigenvalue weighted by Crippen LogP contribution is 2.53. The van der Waals surface area contributed by atoms with Crippen LogP contribution in [0.2, 0.25) is 0 Å². The van der Waals surface area contributed by atoms with E-state index in [0.29, 0.717) is 11.1 Å². The number of carbonyl (C=O) groups is 2. The van der Waals surface area contributed by atoms with Crippen LogP contribution in [-0.4, -0.2) is 25.2 Å². The van der Waals surface area contributed by atoms with Crippen LogP contribution in [0.1, 0.15) is 34.6 Å². The van der Waals surface area contributed by atoms with Crippen LogP contribution in [0.4, 0.5) is 0 Å². The van der Waals surface area contributed by atoms with Crippen molar-refractivity contribution in [1.82, 2.24) is 0 Å². The highest BCUT2D eigenvalue weighted by atomic mass is 79.9. The quantitative estimate of drug-likeness (QED) is 0.304. The Morgan fingerprint density at radius 1 is 0.714 bits per heavy atom. The van der Waals surface area contributed by atoms with Crippen LogP contribution < -0.4 is 0 Å². The van der Waals surface area contributed by atoms with E-state index in [-0.39, 0.29) is 13.2 Å². The lowest BCUT2D eigenvalue weighted by Gasteiger charge is -2.13. The Morgan fingerprint density at radius 3 is 1.54 bits per heavy atom. The molecular formula is C22H16Br2O4. The second kappa shape index (κ2) is 7.33. The molecule has 4 rings (SSSR count). The molecule has 6 heteroatoms. The van der Waals surface area contributed by atoms with Gasteiger partial charge in [0, 0.05) is 25.5 Å². The highest BCUT2D eigenvalue weighted by Gasteiger charge is 2.32. The molecule has 3 aromatic rings. The zero-order valence-corrected chi connectivity index (χ0v) is 18.4. The van der Waals surface area contributed by atoms with Gasteiger partial charge in [-0.1, -0.05) is 44.0 Å². The van der Waals surface area contributed by atoms with Gasteiger partial charge in [-0.3, -0.25) is 0 Å². The van der Waals surface area contributed by atoms with Crippen molar-refractivity contribution < 1.29 is 19.1 Å². The number of fused-ring (bicyclic) bond motifs is 3. The predicted octanol–water partition coefficient (Wildman–Crippen LogP) is 6.37. The fourth-order valence-corrected chi connectivity index (χ4v) is 5.10. The fraction of sp³-hybridized carbons (Fsp3) is 0.182. The number of esters is 2. The first kappa shape index (κ1) is 19.2. The second-order valence-corrected chi connectivity index (χ2v) is 8.00. The second-order valence-electron chi connectivity index (χ2n) is 6.29. The Kier molecular flexibility index (Phi) is 5.02. The highest BCUT2D eigenvalue weighted by molar-refractivity contribution is 9.11. The zero-order chi connectivity index (χ0) is 20.0. The third-order valence-corrected chi connectivity index (χ3v) is 6.12. The van der Waals surface area contributed by atoms with Gasteiger partial charge in [0.1, 0.15) is 0 Å². The van der Waals surface area contributed by atoms with Gasteiger partial charge in [0.2, 0.25) is 0 Å². The molecule has 0 fully saturated rings. The molecule has 1 aliphatic carbocycles. The summed E-state index contributed by atoms with van der Waals surface area (Å²) in [6.45, 7) is 4.10. The SMILES string of the molecule is CCOC(=O)c1ccc(C(=O)OCC)c2c1-c1ccc(Br)c3c(Br)ccc-2c13. The van der Waals surface area contributed by atoms with Gasteiger partial charge in [-0.15, -0.1) is 0 Å². The number of carbonyl (C=O) groups excluding carboxylic acids is 2. The van der Waals surface area contributed by atoms with Gasteiger partial charge in [-0.05, 0) is 54.6 Å². The molecule has 4 nitrogen and oxygen atoms in total. The molecule has 0 unspecified atom stereocenters. The first-order valence-electron chi connectivity index (χ1n) is 8.92. The molecule has 0 radical (unpaired) electrons. The summed E-state index contributed by atoms with van der Waals surface area (Å²) in [5, 5.41) is 1.98. The average molecular weight is 504 g/mol. The monoisotopic (exact) mass is 502 g/mol. The van der Waals surface area contributed by atoms with Gasteiger partial charge in [0.05, 0.1) is 24.3 Å². The Hall–Kier alpha value is -2.18. The molecule has 0 saturated heterocycles. The Morgan fingerprint density at radius 2 is 1.14 bits per heavy atom. The Balaban J connectivity index is 2.12. The van der Waals surface area contributed by atoms with Crippen molar-refractivity contribution in [2.24, 2.45) is 0 Å². The van der Waals surface area contributed by atoms with Gasteiger partial charge < -0.3 is 9.47 Å². The lowest BCUT2D eigenvalue weighted by molar-refractivity contribution is 0.0513. The smallest absolute Gasteiger partial charge is 0.338 e. The Labute approximate surface area is 179 Å². The maximum atomic E-state index is 12.7. The largest absolute Gasteiger partial charge is 0.462 e. The molecule has 0 bridgehead atoms. The topological polar surface area (TPSA) is 52.6 Å². The van der Waals surface area contributed by atoms with Crippen molar-refractivity contribution in [3.63, 3.8) is 0 Å². The zero-order valence-electron chi connectivity index (χ0n) is 15.3. The van der Waals surface area contributed by atoms with Crippen LogP contribution in [0.5, 0.6) is 0 Å². The fourth-order valence-electron chi connectivity index (χ4n) is 3.75. The molecule has 28 heavy (non-hydrogen) atoms. The lowest BCUT2D eigenvalue weighted by Crippen LogP contribution is -2.11. The van der Waals surface area contributed by atoms with Crippen molar-refractivity contribution in [1.29, 1.82) is 0 Å². The van der Waals surface area contributed by atoms with E-state index in [1.807, 2.05) is 24.3 Å². The van der Waals surface area contributed by atoms with E-state index in [2.05, 4.69) is 31.9 Å². The molecule has 0 saturated carbocycles. The van der Waals surface area contributed by atoms with Gasteiger partial charge in [-0.2, -0.15) is 0 Å². The minimum absolute atomic E-state index is 0.279. The summed E-state index contributed by atoms with van der Waals surface area (Å²) in [4.78, 5) is 25.3. The van der Waals surface area contributed by atoms with Gasteiger partial charge in [0.25, 0.3) is 0 Å². The summed E-state index contributed by atoms with van der Waals surface area (Å²) in [5.41, 5.74) is 4.13. The van der Waals surface area contributed by atoms with E-state index in [9.17, 15) is 9.59 Å². The van der Waals surface area contributed by atoms with Crippen LogP contribution in [0, 0.1) is 0 Å². The first-order chi connectivity index (χ1) is 13.5. The molecule has 0 N–H and O–H groups in total. The minimum Gasteiger partial charge on any atom is -0.462 e. The Bertz CT molecular complexity index is 1070. The summed E-state index contributed by atoms with van der Waals surface area (Å²) in [7, 11) is 0. The van der Waals surface area contributed by atoms with E-state index in [1.165, 1.54) is 0 Å². The lowest BCUT2D eigenvalue weighted by atomic mass is 9.93. The van der Waals surface area contributed by atoms with Crippen molar-refractivity contribution in [2.75, 3.05) is 13.2 Å². The van der Waals surface area contributed by atoms with E-state index < -0.39 is 11.9 Å². The molecule has 0 heterocycles. The van der Waals surface area contributed by atoms with Gasteiger partial charge in [-0.25, -0.2) is 9.59 Å². The van der Waals surface area contributed by atoms with Gasteiger partial charge in [0.15, 0.2) is 0 Å². The molecule has 0 atom stereocenters. The normalized spacial score (nSPS) is 11.4. The molecule has 0 amide bonds. The molecule has 0 spiro atoms. The number of rotatable bonds is 4. The van der Waals surface area contributed by atoms with Crippen LogP contribution in [-0.2, 0) is 9.47 Å². The summed E-state index contributed by atoms with van der Waals surface area (Å²) in [5.74, 6) is -0.811. The minimum atomic E-state index is -0.405. The molecule has 0 aliphatic heterocycles. The van der Waals surface area contributed by atoms with E-state index in [0.717, 1.165) is 42.0 Å². The third-order valence-electron chi connectivity index (χ3n) is 4.79. The number of benzene rings is 3. The molecular weight excluding hydrogens is 488 g/mol. The van der Waals surface area contributed by atoms with Crippen molar-refractivity contribution in [2.45, 2.75) is 13.8 Å². The summed E-state index contributed by atoms with van der Waals surface area (Å²) in [6, 6.07) is 11.1. The number of hydrogen-bond acceptors (Lipinski definition) is 4. The molecule has 142 valence electrons. The van der Waals surface area contributed by atoms with E-state index in [4.69, 9.17) is 9.47 Å². The van der Waals surface area contributed by atoms with E-state index in [1.54, 1.807) is 26.0 Å². The average Bonchev–Trinajstić information content (AvgIpc) is 3.00.